The number of nitrogens with one attached hydrogen (secondary N) is 1. The lowest BCUT2D eigenvalue weighted by Gasteiger charge is -1.87. The van der Waals surface area contributed by atoms with Gasteiger partial charge in [0.2, 0.25) is 11.4 Å². The Hall–Kier alpha value is -2.50. The van der Waals surface area contributed by atoms with Crippen LogP contribution in [0.25, 0.3) is 33.4 Å². The molecule has 0 aromatic carbocycles. The third kappa shape index (κ3) is 0.813. The number of rotatable bonds is 0. The first kappa shape index (κ1) is 7.75. The molecule has 6 nitrogen and oxygen atoms in total. The summed E-state index contributed by atoms with van der Waals surface area (Å²) in [5.74, 6) is 0. The molecule has 0 aliphatic rings. The maximum atomic E-state index is 5.54. The van der Waals surface area contributed by atoms with Gasteiger partial charge in [0.1, 0.15) is 17.4 Å². The van der Waals surface area contributed by atoms with Crippen molar-refractivity contribution in [1.82, 2.24) is 24.9 Å². The van der Waals surface area contributed by atoms with Gasteiger partial charge in [0.05, 0.1) is 17.1 Å². The molecular weight excluding hydrogens is 206 g/mol. The van der Waals surface area contributed by atoms with Gasteiger partial charge in [0.25, 0.3) is 0 Å². The molecule has 16 heavy (non-hydrogen) atoms. The summed E-state index contributed by atoms with van der Waals surface area (Å²) < 4.78 is 5.54. The highest BCUT2D eigenvalue weighted by atomic mass is 16.3. The zero-order valence-electron chi connectivity index (χ0n) is 8.01. The first-order chi connectivity index (χ1) is 7.93. The van der Waals surface area contributed by atoms with E-state index in [1.165, 1.54) is 6.33 Å². The van der Waals surface area contributed by atoms with Gasteiger partial charge in [-0.2, -0.15) is 0 Å². The van der Waals surface area contributed by atoms with Crippen LogP contribution in [0.2, 0.25) is 0 Å². The normalized spacial score (nSPS) is 11.8. The van der Waals surface area contributed by atoms with Crippen LogP contribution >= 0.6 is 0 Å². The van der Waals surface area contributed by atoms with E-state index in [0.29, 0.717) is 11.4 Å². The highest BCUT2D eigenvalue weighted by Crippen LogP contribution is 2.30. The van der Waals surface area contributed by atoms with Crippen LogP contribution in [0.4, 0.5) is 0 Å². The third-order valence-electron chi connectivity index (χ3n) is 2.52. The molecule has 0 saturated heterocycles. The van der Waals surface area contributed by atoms with E-state index in [9.17, 15) is 0 Å². The molecule has 0 unspecified atom stereocenters. The largest absolute Gasteiger partial charge is 0.420 e. The Kier molecular flexibility index (Phi) is 1.23. The Balaban J connectivity index is 2.38. The lowest BCUT2D eigenvalue weighted by atomic mass is 10.3. The van der Waals surface area contributed by atoms with E-state index in [4.69, 9.17) is 4.42 Å². The van der Waals surface area contributed by atoms with Crippen molar-refractivity contribution in [3.63, 3.8) is 0 Å². The number of hydrogen-bond donors (Lipinski definition) is 1. The molecule has 6 heteroatoms. The molecule has 4 rings (SSSR count). The molecule has 0 amide bonds. The number of nitrogens with zero attached hydrogens (tertiary/aromatic N) is 4. The van der Waals surface area contributed by atoms with Gasteiger partial charge in [-0.3, -0.25) is 0 Å². The molecule has 0 bridgehead atoms. The second-order valence-corrected chi connectivity index (χ2v) is 3.43. The molecule has 4 heterocycles. The van der Waals surface area contributed by atoms with Gasteiger partial charge in [0.15, 0.2) is 0 Å². The Morgan fingerprint density at radius 3 is 3.00 bits per heavy atom. The lowest BCUT2D eigenvalue weighted by Crippen LogP contribution is -1.79. The van der Waals surface area contributed by atoms with Crippen molar-refractivity contribution in [3.8, 4) is 0 Å². The topological polar surface area (TPSA) is 80.5 Å². The van der Waals surface area contributed by atoms with Crippen molar-refractivity contribution in [3.05, 3.63) is 24.9 Å². The molecule has 4 aromatic rings. The molecule has 1 N–H and O–H groups in total. The zero-order valence-corrected chi connectivity index (χ0v) is 8.01. The van der Waals surface area contributed by atoms with E-state index in [1.807, 2.05) is 0 Å². The standard InChI is InChI=1S/C10H5N5O/c1-2-13-10-8(12-1)6-7-5(3-11-4-14-7)15-9(6)16-10/h1-4,15H. The van der Waals surface area contributed by atoms with Crippen LogP contribution in [-0.4, -0.2) is 24.9 Å². The van der Waals surface area contributed by atoms with Gasteiger partial charge in [0, 0.05) is 12.4 Å². The van der Waals surface area contributed by atoms with Gasteiger partial charge in [-0.15, -0.1) is 0 Å². The van der Waals surface area contributed by atoms with Crippen LogP contribution in [0, 0.1) is 0 Å². The predicted octanol–water partition coefficient (Wildman–Crippen LogP) is 1.65. The number of furan rings is 1. The molecule has 0 fully saturated rings. The van der Waals surface area contributed by atoms with Gasteiger partial charge in [-0.1, -0.05) is 0 Å². The minimum atomic E-state index is 0.518. The summed E-state index contributed by atoms with van der Waals surface area (Å²) in [6, 6.07) is 0. The summed E-state index contributed by atoms with van der Waals surface area (Å²) in [7, 11) is 0. The fourth-order valence-corrected chi connectivity index (χ4v) is 1.88. The van der Waals surface area contributed by atoms with Crippen LogP contribution in [-0.2, 0) is 0 Å². The van der Waals surface area contributed by atoms with Gasteiger partial charge in [-0.05, 0) is 0 Å². The van der Waals surface area contributed by atoms with Crippen molar-refractivity contribution < 1.29 is 4.42 Å². The molecular formula is C10H5N5O. The summed E-state index contributed by atoms with van der Waals surface area (Å²) >= 11 is 0. The second-order valence-electron chi connectivity index (χ2n) is 3.43. The number of aromatic nitrogens is 5. The number of fused-ring (bicyclic) bond motifs is 5. The van der Waals surface area contributed by atoms with Crippen molar-refractivity contribution in [1.29, 1.82) is 0 Å². The lowest BCUT2D eigenvalue weighted by molar-refractivity contribution is 0.642. The Morgan fingerprint density at radius 1 is 1.06 bits per heavy atom. The van der Waals surface area contributed by atoms with E-state index < -0.39 is 0 Å². The highest BCUT2D eigenvalue weighted by molar-refractivity contribution is 6.14. The monoisotopic (exact) mass is 211 g/mol. The SMILES string of the molecule is c1cnc2c(n1)oc1[nH]c3cncnc3c12. The highest BCUT2D eigenvalue weighted by Gasteiger charge is 2.15. The molecule has 4 aromatic heterocycles. The smallest absolute Gasteiger partial charge is 0.248 e. The van der Waals surface area contributed by atoms with Gasteiger partial charge >= 0.3 is 0 Å². The Morgan fingerprint density at radius 2 is 2.00 bits per heavy atom. The van der Waals surface area contributed by atoms with E-state index in [2.05, 4.69) is 24.9 Å². The number of H-pyrrole nitrogens is 1. The van der Waals surface area contributed by atoms with Crippen molar-refractivity contribution >= 4 is 33.4 Å². The summed E-state index contributed by atoms with van der Waals surface area (Å²) in [5, 5.41) is 0.862. The van der Waals surface area contributed by atoms with E-state index in [-0.39, 0.29) is 0 Å². The molecule has 0 aliphatic carbocycles. The van der Waals surface area contributed by atoms with E-state index in [0.717, 1.165) is 21.9 Å². The van der Waals surface area contributed by atoms with Crippen LogP contribution in [0.3, 0.4) is 0 Å². The number of hydrogen-bond acceptors (Lipinski definition) is 5. The second kappa shape index (κ2) is 2.54. The van der Waals surface area contributed by atoms with Crippen molar-refractivity contribution in [2.45, 2.75) is 0 Å². The first-order valence-electron chi connectivity index (χ1n) is 4.74. The third-order valence-corrected chi connectivity index (χ3v) is 2.52. The van der Waals surface area contributed by atoms with Crippen LogP contribution in [0.5, 0.6) is 0 Å². The summed E-state index contributed by atoms with van der Waals surface area (Å²) in [6.45, 7) is 0. The fraction of sp³-hybridized carbons (Fsp3) is 0. The average Bonchev–Trinajstić information content (AvgIpc) is 2.83. The van der Waals surface area contributed by atoms with Crippen LogP contribution in [0.15, 0.2) is 29.3 Å². The van der Waals surface area contributed by atoms with Crippen LogP contribution < -0.4 is 0 Å². The maximum Gasteiger partial charge on any atom is 0.248 e. The van der Waals surface area contributed by atoms with Gasteiger partial charge in [-0.25, -0.2) is 19.9 Å². The predicted molar refractivity (Wildman–Crippen MR) is 56.8 cm³/mol. The van der Waals surface area contributed by atoms with Crippen molar-refractivity contribution in [2.75, 3.05) is 0 Å². The van der Waals surface area contributed by atoms with E-state index >= 15 is 0 Å². The number of aromatic amines is 1. The molecule has 0 saturated carbocycles. The molecule has 0 spiro atoms. The Bertz CT molecular complexity index is 750. The average molecular weight is 211 g/mol. The van der Waals surface area contributed by atoms with E-state index in [1.54, 1.807) is 18.6 Å². The van der Waals surface area contributed by atoms with Crippen molar-refractivity contribution in [2.24, 2.45) is 0 Å². The summed E-state index contributed by atoms with van der Waals surface area (Å²) in [5.41, 5.74) is 3.52. The quantitative estimate of drug-likeness (QED) is 0.478. The first-order valence-corrected chi connectivity index (χ1v) is 4.74. The minimum Gasteiger partial charge on any atom is -0.420 e. The molecule has 76 valence electrons. The fourth-order valence-electron chi connectivity index (χ4n) is 1.88. The minimum absolute atomic E-state index is 0.518. The van der Waals surface area contributed by atoms with Crippen LogP contribution in [0.1, 0.15) is 0 Å². The summed E-state index contributed by atoms with van der Waals surface area (Å²) in [4.78, 5) is 19.6. The van der Waals surface area contributed by atoms with Gasteiger partial charge < -0.3 is 9.40 Å². The zero-order chi connectivity index (χ0) is 10.5. The Labute approximate surface area is 88.4 Å². The molecule has 0 aliphatic heterocycles. The maximum absolute atomic E-state index is 5.54. The molecule has 0 radical (unpaired) electrons. The summed E-state index contributed by atoms with van der Waals surface area (Å²) in [6.07, 6.45) is 6.45. The molecule has 0 atom stereocenters.